The summed E-state index contributed by atoms with van der Waals surface area (Å²) in [5.41, 5.74) is 7.48. The molecule has 0 unspecified atom stereocenters. The molecule has 0 atom stereocenters. The zero-order chi connectivity index (χ0) is 9.97. The first-order chi connectivity index (χ1) is 6.83. The van der Waals surface area contributed by atoms with Crippen LogP contribution in [0.15, 0.2) is 39.8 Å². The second kappa shape index (κ2) is 3.75. The van der Waals surface area contributed by atoms with E-state index in [1.54, 1.807) is 11.8 Å². The molecule has 0 saturated carbocycles. The average molecular weight is 206 g/mol. The standard InChI is InChI=1S/C10H10N2OS/c1-14-9-8(12-13-10(9)11)7-5-3-2-4-6-7/h2-6H,11H2,1H3. The molecule has 0 amide bonds. The van der Waals surface area contributed by atoms with Gasteiger partial charge in [-0.25, -0.2) is 0 Å². The lowest BCUT2D eigenvalue weighted by molar-refractivity contribution is 0.438. The van der Waals surface area contributed by atoms with E-state index in [-0.39, 0.29) is 0 Å². The number of nitrogens with two attached hydrogens (primary N) is 1. The van der Waals surface area contributed by atoms with E-state index in [1.165, 1.54) is 0 Å². The maximum absolute atomic E-state index is 5.64. The van der Waals surface area contributed by atoms with Crippen molar-refractivity contribution in [2.24, 2.45) is 0 Å². The summed E-state index contributed by atoms with van der Waals surface area (Å²) in [6.45, 7) is 0. The van der Waals surface area contributed by atoms with Crippen LogP contribution in [-0.4, -0.2) is 11.4 Å². The van der Waals surface area contributed by atoms with Crippen molar-refractivity contribution < 1.29 is 4.52 Å². The molecule has 0 spiro atoms. The van der Waals surface area contributed by atoms with Crippen LogP contribution in [0.4, 0.5) is 5.88 Å². The monoisotopic (exact) mass is 206 g/mol. The van der Waals surface area contributed by atoms with Crippen LogP contribution in [-0.2, 0) is 0 Å². The van der Waals surface area contributed by atoms with Crippen molar-refractivity contribution in [1.29, 1.82) is 0 Å². The summed E-state index contributed by atoms with van der Waals surface area (Å²) in [4.78, 5) is 0.899. The van der Waals surface area contributed by atoms with E-state index in [1.807, 2.05) is 36.6 Å². The second-order valence-corrected chi connectivity index (χ2v) is 3.61. The van der Waals surface area contributed by atoms with E-state index in [0.717, 1.165) is 16.2 Å². The molecule has 0 fully saturated rings. The fourth-order valence-electron chi connectivity index (χ4n) is 1.27. The third-order valence-electron chi connectivity index (χ3n) is 1.93. The number of thioether (sulfide) groups is 1. The molecule has 0 aliphatic rings. The number of hydrogen-bond acceptors (Lipinski definition) is 4. The first-order valence-corrected chi connectivity index (χ1v) is 5.40. The molecule has 1 heterocycles. The first-order valence-electron chi connectivity index (χ1n) is 4.17. The van der Waals surface area contributed by atoms with Crippen LogP contribution in [0.2, 0.25) is 0 Å². The zero-order valence-electron chi connectivity index (χ0n) is 7.73. The SMILES string of the molecule is CSc1c(-c2ccccc2)noc1N. The largest absolute Gasteiger partial charge is 0.367 e. The van der Waals surface area contributed by atoms with Gasteiger partial charge in [-0.15, -0.1) is 11.8 Å². The maximum atomic E-state index is 5.64. The Hall–Kier alpha value is -1.42. The topological polar surface area (TPSA) is 52.0 Å². The Morgan fingerprint density at radius 1 is 1.29 bits per heavy atom. The highest BCUT2D eigenvalue weighted by atomic mass is 32.2. The van der Waals surface area contributed by atoms with Gasteiger partial charge in [0.05, 0.1) is 4.90 Å². The summed E-state index contributed by atoms with van der Waals surface area (Å²) < 4.78 is 4.95. The summed E-state index contributed by atoms with van der Waals surface area (Å²) in [6.07, 6.45) is 1.95. The Bertz CT molecular complexity index is 425. The molecule has 0 aliphatic heterocycles. The van der Waals surface area contributed by atoms with Crippen molar-refractivity contribution in [3.8, 4) is 11.3 Å². The fourth-order valence-corrected chi connectivity index (χ4v) is 1.86. The highest BCUT2D eigenvalue weighted by molar-refractivity contribution is 7.98. The number of nitrogen functional groups attached to an aromatic ring is 1. The highest BCUT2D eigenvalue weighted by Crippen LogP contribution is 2.33. The van der Waals surface area contributed by atoms with Crippen LogP contribution in [0.1, 0.15) is 0 Å². The molecule has 14 heavy (non-hydrogen) atoms. The van der Waals surface area contributed by atoms with Gasteiger partial charge >= 0.3 is 0 Å². The van der Waals surface area contributed by atoms with E-state index in [0.29, 0.717) is 5.88 Å². The van der Waals surface area contributed by atoms with Crippen LogP contribution in [0, 0.1) is 0 Å². The van der Waals surface area contributed by atoms with E-state index >= 15 is 0 Å². The summed E-state index contributed by atoms with van der Waals surface area (Å²) in [5.74, 6) is 0.386. The van der Waals surface area contributed by atoms with Crippen molar-refractivity contribution in [3.63, 3.8) is 0 Å². The number of benzene rings is 1. The minimum absolute atomic E-state index is 0.386. The predicted octanol–water partition coefficient (Wildman–Crippen LogP) is 2.65. The van der Waals surface area contributed by atoms with Gasteiger partial charge in [-0.1, -0.05) is 35.5 Å². The Labute approximate surface area is 86.3 Å². The van der Waals surface area contributed by atoms with Gasteiger partial charge in [0.2, 0.25) is 5.88 Å². The van der Waals surface area contributed by atoms with Gasteiger partial charge < -0.3 is 10.3 Å². The molecule has 1 aromatic carbocycles. The van der Waals surface area contributed by atoms with Gasteiger partial charge in [-0.2, -0.15) is 0 Å². The molecule has 0 saturated heterocycles. The molecular formula is C10H10N2OS. The molecule has 0 aliphatic carbocycles. The van der Waals surface area contributed by atoms with Gasteiger partial charge in [-0.3, -0.25) is 0 Å². The summed E-state index contributed by atoms with van der Waals surface area (Å²) in [5, 5.41) is 3.94. The predicted molar refractivity (Wildman–Crippen MR) is 58.1 cm³/mol. The van der Waals surface area contributed by atoms with Gasteiger partial charge in [0.15, 0.2) is 0 Å². The Balaban J connectivity index is 2.52. The quantitative estimate of drug-likeness (QED) is 0.767. The molecule has 0 bridgehead atoms. The van der Waals surface area contributed by atoms with Crippen molar-refractivity contribution in [2.45, 2.75) is 4.90 Å². The van der Waals surface area contributed by atoms with Gasteiger partial charge in [0.1, 0.15) is 5.69 Å². The molecule has 2 N–H and O–H groups in total. The summed E-state index contributed by atoms with van der Waals surface area (Å²) in [6, 6.07) is 9.86. The van der Waals surface area contributed by atoms with Crippen LogP contribution in [0.3, 0.4) is 0 Å². The Kier molecular flexibility index (Phi) is 2.45. The van der Waals surface area contributed by atoms with Gasteiger partial charge in [0.25, 0.3) is 0 Å². The van der Waals surface area contributed by atoms with Crippen molar-refractivity contribution >= 4 is 17.6 Å². The zero-order valence-corrected chi connectivity index (χ0v) is 8.54. The molecule has 4 heteroatoms. The third-order valence-corrected chi connectivity index (χ3v) is 2.73. The number of anilines is 1. The van der Waals surface area contributed by atoms with Crippen molar-refractivity contribution in [2.75, 3.05) is 12.0 Å². The lowest BCUT2D eigenvalue weighted by Crippen LogP contribution is -1.83. The van der Waals surface area contributed by atoms with Crippen LogP contribution >= 0.6 is 11.8 Å². The molecule has 2 aromatic rings. The van der Waals surface area contributed by atoms with Gasteiger partial charge in [-0.05, 0) is 6.26 Å². The number of nitrogens with zero attached hydrogens (tertiary/aromatic N) is 1. The number of hydrogen-bond donors (Lipinski definition) is 1. The van der Waals surface area contributed by atoms with Crippen LogP contribution in [0.25, 0.3) is 11.3 Å². The third kappa shape index (κ3) is 1.48. The summed E-state index contributed by atoms with van der Waals surface area (Å²) in [7, 11) is 0. The maximum Gasteiger partial charge on any atom is 0.236 e. The van der Waals surface area contributed by atoms with E-state index < -0.39 is 0 Å². The smallest absolute Gasteiger partial charge is 0.236 e. The molecule has 1 aromatic heterocycles. The lowest BCUT2D eigenvalue weighted by atomic mass is 10.1. The fraction of sp³-hybridized carbons (Fsp3) is 0.100. The average Bonchev–Trinajstić information content (AvgIpc) is 2.61. The minimum atomic E-state index is 0.386. The minimum Gasteiger partial charge on any atom is -0.367 e. The van der Waals surface area contributed by atoms with Gasteiger partial charge in [0, 0.05) is 5.56 Å². The molecule has 72 valence electrons. The summed E-state index contributed by atoms with van der Waals surface area (Å²) >= 11 is 1.54. The molecular weight excluding hydrogens is 196 g/mol. The molecule has 3 nitrogen and oxygen atoms in total. The van der Waals surface area contributed by atoms with E-state index in [4.69, 9.17) is 10.3 Å². The van der Waals surface area contributed by atoms with Crippen molar-refractivity contribution in [3.05, 3.63) is 30.3 Å². The van der Waals surface area contributed by atoms with E-state index in [2.05, 4.69) is 5.16 Å². The lowest BCUT2D eigenvalue weighted by Gasteiger charge is -1.97. The van der Waals surface area contributed by atoms with Crippen LogP contribution < -0.4 is 5.73 Å². The molecule has 2 rings (SSSR count). The number of rotatable bonds is 2. The van der Waals surface area contributed by atoms with Crippen LogP contribution in [0.5, 0.6) is 0 Å². The Morgan fingerprint density at radius 2 is 2.00 bits per heavy atom. The van der Waals surface area contributed by atoms with E-state index in [9.17, 15) is 0 Å². The second-order valence-electron chi connectivity index (χ2n) is 2.79. The Morgan fingerprint density at radius 3 is 2.64 bits per heavy atom. The normalized spacial score (nSPS) is 10.4. The van der Waals surface area contributed by atoms with Crippen molar-refractivity contribution in [1.82, 2.24) is 5.16 Å². The number of aromatic nitrogens is 1. The highest BCUT2D eigenvalue weighted by Gasteiger charge is 2.13. The molecule has 0 radical (unpaired) electrons. The first kappa shape index (κ1) is 9.15.